The molecule has 0 spiro atoms. The molecule has 4 N–H and O–H groups in total. The summed E-state index contributed by atoms with van der Waals surface area (Å²) in [6.45, 7) is 1.40. The fourth-order valence-electron chi connectivity index (χ4n) is 1.52. The van der Waals surface area contributed by atoms with E-state index in [1.807, 2.05) is 0 Å². The summed E-state index contributed by atoms with van der Waals surface area (Å²) < 4.78 is 2.49. The predicted molar refractivity (Wildman–Crippen MR) is 73.6 cm³/mol. The van der Waals surface area contributed by atoms with Gasteiger partial charge in [-0.25, -0.2) is 4.45 Å². The highest BCUT2D eigenvalue weighted by atomic mass is 127. The van der Waals surface area contributed by atoms with Crippen LogP contribution in [-0.2, 0) is 4.79 Å². The van der Waals surface area contributed by atoms with Crippen molar-refractivity contribution in [2.45, 2.75) is 6.92 Å². The van der Waals surface area contributed by atoms with E-state index < -0.39 is 0 Å². The Bertz CT molecular complexity index is 599. The summed E-state index contributed by atoms with van der Waals surface area (Å²) in [6, 6.07) is 0. The number of nitrogen functional groups attached to an aromatic ring is 1. The molecule has 17 heavy (non-hydrogen) atoms. The minimum absolute atomic E-state index is 0.190. The molecule has 9 heteroatoms. The molecule has 2 aromatic rings. The van der Waals surface area contributed by atoms with Crippen LogP contribution in [0.3, 0.4) is 0 Å². The Morgan fingerprint density at radius 2 is 2.47 bits per heavy atom. The normalized spacial score (nSPS) is 11.4. The van der Waals surface area contributed by atoms with Gasteiger partial charge in [-0.2, -0.15) is 5.10 Å². The zero-order valence-corrected chi connectivity index (χ0v) is 12.0. The molecule has 0 fully saturated rings. The molecule has 1 unspecified atom stereocenters. The van der Waals surface area contributed by atoms with E-state index in [4.69, 9.17) is 5.73 Å². The number of rotatable bonds is 2. The Hall–Kier alpha value is -1.15. The molecule has 0 aliphatic carbocycles. The van der Waals surface area contributed by atoms with Gasteiger partial charge in [-0.1, -0.05) is 0 Å². The lowest BCUT2D eigenvalue weighted by molar-refractivity contribution is -0.892. The standard InChI is InChI=1S/C8H9IN5O2P/c1-4(15)12-6-3-13(16)8(10)5-2-11-14(17-9)7(5)6/h2-3,10,16-17H,1H3,(H,12,15)/p+1. The molecular weight excluding hydrogens is 356 g/mol. The van der Waals surface area contributed by atoms with Crippen LogP contribution in [0.5, 0.6) is 0 Å². The van der Waals surface area contributed by atoms with Crippen LogP contribution >= 0.6 is 28.4 Å². The number of anilines is 2. The highest BCUT2D eigenvalue weighted by molar-refractivity contribution is 14.2. The van der Waals surface area contributed by atoms with Gasteiger partial charge in [0.1, 0.15) is 16.6 Å². The van der Waals surface area contributed by atoms with Crippen molar-refractivity contribution in [3.05, 3.63) is 12.4 Å². The molecule has 0 radical (unpaired) electrons. The van der Waals surface area contributed by atoms with Crippen LogP contribution in [0.1, 0.15) is 6.92 Å². The fourth-order valence-corrected chi connectivity index (χ4v) is 3.04. The summed E-state index contributed by atoms with van der Waals surface area (Å²) in [6.07, 6.45) is 3.29. The first-order chi connectivity index (χ1) is 8.04. The summed E-state index contributed by atoms with van der Waals surface area (Å²) in [5.74, 6) is -0.0318. The van der Waals surface area contributed by atoms with Crippen LogP contribution < -0.4 is 15.8 Å². The number of amides is 1. The van der Waals surface area contributed by atoms with Crippen LogP contribution in [0.2, 0.25) is 0 Å². The van der Waals surface area contributed by atoms with E-state index in [0.717, 1.165) is 4.73 Å². The van der Waals surface area contributed by atoms with E-state index in [2.05, 4.69) is 32.5 Å². The topological polar surface area (TPSA) is 97.1 Å². The number of nitrogens with zero attached hydrogens (tertiary/aromatic N) is 3. The molecule has 0 saturated carbocycles. The second kappa shape index (κ2) is 4.61. The van der Waals surface area contributed by atoms with Crippen molar-refractivity contribution >= 4 is 56.7 Å². The van der Waals surface area contributed by atoms with Gasteiger partial charge in [0, 0.05) is 6.92 Å². The number of carbonyl (C=O) groups is 1. The number of fused-ring (bicyclic) bond motifs is 1. The van der Waals surface area contributed by atoms with Crippen LogP contribution in [0.15, 0.2) is 12.4 Å². The van der Waals surface area contributed by atoms with Crippen molar-refractivity contribution < 1.29 is 14.7 Å². The third kappa shape index (κ3) is 2.14. The monoisotopic (exact) mass is 366 g/mol. The third-order valence-corrected chi connectivity index (χ3v) is 4.06. The summed E-state index contributed by atoms with van der Waals surface area (Å²) in [4.78, 5) is 11.1. The molecule has 1 atom stereocenters. The van der Waals surface area contributed by atoms with Gasteiger partial charge in [-0.15, -0.1) is 0 Å². The van der Waals surface area contributed by atoms with E-state index in [0.29, 0.717) is 23.0 Å². The molecule has 7 nitrogen and oxygen atoms in total. The zero-order valence-electron chi connectivity index (χ0n) is 8.81. The molecule has 0 aromatic carbocycles. The van der Waals surface area contributed by atoms with E-state index in [1.165, 1.54) is 13.1 Å². The SMILES string of the molecule is CC(=O)Nc1c[n+](O)c(N)c2cnn(PI)c12. The largest absolute Gasteiger partial charge is 0.350 e. The zero-order chi connectivity index (χ0) is 12.6. The van der Waals surface area contributed by atoms with E-state index in [9.17, 15) is 10.0 Å². The Morgan fingerprint density at radius 3 is 3.06 bits per heavy atom. The van der Waals surface area contributed by atoms with Gasteiger partial charge >= 0.3 is 5.82 Å². The second-order valence-electron chi connectivity index (χ2n) is 3.36. The van der Waals surface area contributed by atoms with Gasteiger partial charge in [-0.05, 0) is 26.8 Å². The lowest BCUT2D eigenvalue weighted by atomic mass is 10.3. The molecular formula is C8H10IN5O2P+. The van der Waals surface area contributed by atoms with Crippen LogP contribution in [0.25, 0.3) is 10.9 Å². The number of pyridine rings is 1. The highest BCUT2D eigenvalue weighted by Crippen LogP contribution is 2.33. The number of nitrogens with two attached hydrogens (primary N) is 1. The summed E-state index contributed by atoms with van der Waals surface area (Å²) in [5, 5.41) is 17.0. The third-order valence-electron chi connectivity index (χ3n) is 2.19. The number of halogens is 1. The quantitative estimate of drug-likeness (QED) is 0.318. The Labute approximate surface area is 111 Å². The Balaban J connectivity index is 2.76. The van der Waals surface area contributed by atoms with Gasteiger partial charge < -0.3 is 10.5 Å². The fraction of sp³-hybridized carbons (Fsp3) is 0.125. The number of hydrogen-bond donors (Lipinski definition) is 3. The number of hydrogen-bond acceptors (Lipinski definition) is 4. The van der Waals surface area contributed by atoms with Gasteiger partial charge in [0.15, 0.2) is 6.20 Å². The maximum Gasteiger partial charge on any atom is 0.323 e. The number of carbonyl (C=O) groups excluding carboxylic acids is 1. The van der Waals surface area contributed by atoms with E-state index in [1.54, 1.807) is 10.6 Å². The first-order valence-corrected chi connectivity index (χ1v) is 8.66. The Morgan fingerprint density at radius 1 is 1.76 bits per heavy atom. The summed E-state index contributed by atoms with van der Waals surface area (Å²) >= 11 is 2.17. The molecule has 0 saturated heterocycles. The molecule has 2 aromatic heterocycles. The van der Waals surface area contributed by atoms with Crippen molar-refractivity contribution in [2.24, 2.45) is 0 Å². The summed E-state index contributed by atoms with van der Waals surface area (Å²) in [7, 11) is 0. The minimum atomic E-state index is -0.222. The van der Waals surface area contributed by atoms with Crippen molar-refractivity contribution in [3.63, 3.8) is 0 Å². The molecule has 0 bridgehead atoms. The van der Waals surface area contributed by atoms with Crippen LogP contribution in [0.4, 0.5) is 11.5 Å². The van der Waals surface area contributed by atoms with Gasteiger partial charge in [-0.3, -0.25) is 10.5 Å². The van der Waals surface area contributed by atoms with E-state index in [-0.39, 0.29) is 11.7 Å². The lowest BCUT2D eigenvalue weighted by Gasteiger charge is -2.06. The average molecular weight is 366 g/mol. The smallest absolute Gasteiger partial charge is 0.323 e. The Kier molecular flexibility index (Phi) is 3.34. The minimum Gasteiger partial charge on any atom is -0.350 e. The van der Waals surface area contributed by atoms with Gasteiger partial charge in [0.05, 0.1) is 12.6 Å². The maximum absolute atomic E-state index is 11.1. The molecule has 0 aliphatic rings. The highest BCUT2D eigenvalue weighted by Gasteiger charge is 2.19. The molecule has 1 amide bonds. The molecule has 2 heterocycles. The van der Waals surface area contributed by atoms with Crippen LogP contribution in [0, 0.1) is 0 Å². The van der Waals surface area contributed by atoms with E-state index >= 15 is 0 Å². The second-order valence-corrected chi connectivity index (χ2v) is 5.40. The average Bonchev–Trinajstić information content (AvgIpc) is 2.68. The maximum atomic E-state index is 11.1. The van der Waals surface area contributed by atoms with Crippen molar-refractivity contribution in [1.82, 2.24) is 9.55 Å². The molecule has 90 valence electrons. The molecule has 0 aliphatic heterocycles. The predicted octanol–water partition coefficient (Wildman–Crippen LogP) is 0.893. The first-order valence-electron chi connectivity index (χ1n) is 4.60. The van der Waals surface area contributed by atoms with Crippen LogP contribution in [-0.4, -0.2) is 20.7 Å². The van der Waals surface area contributed by atoms with Gasteiger partial charge in [0.25, 0.3) is 0 Å². The van der Waals surface area contributed by atoms with Crippen molar-refractivity contribution in [1.29, 1.82) is 0 Å². The number of nitrogens with one attached hydrogen (secondary N) is 1. The molecule has 2 rings (SSSR count). The number of aromatic nitrogens is 3. The first kappa shape index (κ1) is 12.3. The van der Waals surface area contributed by atoms with Gasteiger partial charge in [0.2, 0.25) is 5.91 Å². The van der Waals surface area contributed by atoms with Crippen molar-refractivity contribution in [2.75, 3.05) is 11.1 Å². The summed E-state index contributed by atoms with van der Waals surface area (Å²) in [5.41, 5.74) is 6.92. The lowest BCUT2D eigenvalue weighted by Crippen LogP contribution is -2.34. The van der Waals surface area contributed by atoms with Crippen molar-refractivity contribution in [3.8, 4) is 0 Å².